The quantitative estimate of drug-likeness (QED) is 0.770. The summed E-state index contributed by atoms with van der Waals surface area (Å²) in [6.45, 7) is 14.1. The fraction of sp³-hybridized carbons (Fsp3) is 0.565. The van der Waals surface area contributed by atoms with Crippen LogP contribution in [0.2, 0.25) is 0 Å². The Morgan fingerprint density at radius 2 is 1.86 bits per heavy atom. The number of nitrogens with zero attached hydrogens (tertiary/aromatic N) is 4. The van der Waals surface area contributed by atoms with Crippen molar-refractivity contribution in [3.8, 4) is 0 Å². The zero-order chi connectivity index (χ0) is 21.2. The first kappa shape index (κ1) is 21.5. The Hall–Kier alpha value is -2.21. The topological polar surface area (TPSA) is 41.4 Å². The molecule has 0 atom stereocenters. The highest BCUT2D eigenvalue weighted by molar-refractivity contribution is 5.92. The highest BCUT2D eigenvalue weighted by atomic mass is 19.1. The van der Waals surface area contributed by atoms with E-state index in [2.05, 4.69) is 44.6 Å². The van der Waals surface area contributed by atoms with Crippen molar-refractivity contribution >= 4 is 5.91 Å². The lowest BCUT2D eigenvalue weighted by molar-refractivity contribution is 0.0753. The number of aromatic nitrogens is 2. The van der Waals surface area contributed by atoms with Crippen LogP contribution in [0.25, 0.3) is 0 Å². The molecular weight excluding hydrogens is 367 g/mol. The Kier molecular flexibility index (Phi) is 6.42. The van der Waals surface area contributed by atoms with Crippen molar-refractivity contribution in [1.82, 2.24) is 19.6 Å². The van der Waals surface area contributed by atoms with Gasteiger partial charge in [-0.2, -0.15) is 5.10 Å². The van der Waals surface area contributed by atoms with Crippen molar-refractivity contribution in [2.45, 2.75) is 59.0 Å². The molecule has 0 bridgehead atoms. The molecule has 0 radical (unpaired) electrons. The maximum atomic E-state index is 14.0. The van der Waals surface area contributed by atoms with Gasteiger partial charge in [-0.05, 0) is 45.2 Å². The lowest BCUT2D eigenvalue weighted by Gasteiger charge is -2.24. The van der Waals surface area contributed by atoms with Crippen LogP contribution in [0.4, 0.5) is 4.39 Å². The van der Waals surface area contributed by atoms with Crippen LogP contribution >= 0.6 is 0 Å². The molecule has 1 fully saturated rings. The predicted octanol–water partition coefficient (Wildman–Crippen LogP) is 4.25. The van der Waals surface area contributed by atoms with Gasteiger partial charge >= 0.3 is 0 Å². The van der Waals surface area contributed by atoms with Gasteiger partial charge in [-0.3, -0.25) is 14.4 Å². The number of carbonyl (C=O) groups excluding carboxylic acids is 1. The summed E-state index contributed by atoms with van der Waals surface area (Å²) in [4.78, 5) is 17.3. The SMILES string of the molecule is CC(C)c1cc(C(=O)N2CCCN(Cc3ccccc3F)CC2)nn1C(C)(C)C. The first-order valence-electron chi connectivity index (χ1n) is 10.5. The van der Waals surface area contributed by atoms with Gasteiger partial charge in [0.15, 0.2) is 5.69 Å². The monoisotopic (exact) mass is 400 g/mol. The Morgan fingerprint density at radius 1 is 1.14 bits per heavy atom. The summed E-state index contributed by atoms with van der Waals surface area (Å²) in [6.07, 6.45) is 0.872. The van der Waals surface area contributed by atoms with Crippen molar-refractivity contribution in [2.75, 3.05) is 26.2 Å². The zero-order valence-corrected chi connectivity index (χ0v) is 18.3. The van der Waals surface area contributed by atoms with E-state index in [4.69, 9.17) is 0 Å². The van der Waals surface area contributed by atoms with Gasteiger partial charge in [0.1, 0.15) is 5.82 Å². The van der Waals surface area contributed by atoms with E-state index in [0.29, 0.717) is 36.8 Å². The number of carbonyl (C=O) groups is 1. The van der Waals surface area contributed by atoms with E-state index < -0.39 is 0 Å². The van der Waals surface area contributed by atoms with E-state index in [0.717, 1.165) is 25.2 Å². The van der Waals surface area contributed by atoms with Crippen molar-refractivity contribution in [3.05, 3.63) is 53.1 Å². The van der Waals surface area contributed by atoms with Crippen LogP contribution in [0.3, 0.4) is 0 Å². The van der Waals surface area contributed by atoms with Gasteiger partial charge in [-0.1, -0.05) is 32.0 Å². The van der Waals surface area contributed by atoms with Crippen LogP contribution in [0.1, 0.15) is 68.7 Å². The number of amides is 1. The Morgan fingerprint density at radius 3 is 2.48 bits per heavy atom. The molecule has 0 unspecified atom stereocenters. The van der Waals surface area contributed by atoms with Crippen LogP contribution in [-0.4, -0.2) is 51.7 Å². The van der Waals surface area contributed by atoms with E-state index in [1.54, 1.807) is 6.07 Å². The highest BCUT2D eigenvalue weighted by Gasteiger charge is 2.27. The summed E-state index contributed by atoms with van der Waals surface area (Å²) in [7, 11) is 0. The van der Waals surface area contributed by atoms with Gasteiger partial charge in [-0.25, -0.2) is 4.39 Å². The lowest BCUT2D eigenvalue weighted by atomic mass is 10.1. The average Bonchev–Trinajstić information content (AvgIpc) is 2.99. The molecular formula is C23H33FN4O. The second-order valence-corrected chi connectivity index (χ2v) is 9.21. The molecule has 2 heterocycles. The average molecular weight is 401 g/mol. The van der Waals surface area contributed by atoms with Gasteiger partial charge in [0.25, 0.3) is 5.91 Å². The molecule has 1 aromatic carbocycles. The van der Waals surface area contributed by atoms with Gasteiger partial charge < -0.3 is 4.90 Å². The molecule has 29 heavy (non-hydrogen) atoms. The van der Waals surface area contributed by atoms with Crippen LogP contribution in [0.5, 0.6) is 0 Å². The lowest BCUT2D eigenvalue weighted by Crippen LogP contribution is -2.35. The first-order chi connectivity index (χ1) is 13.7. The Labute approximate surface area is 173 Å². The third-order valence-electron chi connectivity index (χ3n) is 5.41. The molecule has 1 aliphatic rings. The van der Waals surface area contributed by atoms with E-state index >= 15 is 0 Å². The largest absolute Gasteiger partial charge is 0.336 e. The van der Waals surface area contributed by atoms with Crippen LogP contribution in [0.15, 0.2) is 30.3 Å². The molecule has 2 aromatic rings. The molecule has 1 saturated heterocycles. The van der Waals surface area contributed by atoms with Crippen LogP contribution in [-0.2, 0) is 12.1 Å². The minimum Gasteiger partial charge on any atom is -0.336 e. The van der Waals surface area contributed by atoms with E-state index in [1.807, 2.05) is 27.8 Å². The van der Waals surface area contributed by atoms with Crippen molar-refractivity contribution in [2.24, 2.45) is 0 Å². The summed E-state index contributed by atoms with van der Waals surface area (Å²) in [5.41, 5.74) is 2.13. The van der Waals surface area contributed by atoms with Crippen molar-refractivity contribution in [1.29, 1.82) is 0 Å². The second kappa shape index (κ2) is 8.66. The fourth-order valence-electron chi connectivity index (χ4n) is 3.81. The zero-order valence-electron chi connectivity index (χ0n) is 18.3. The van der Waals surface area contributed by atoms with E-state index in [9.17, 15) is 9.18 Å². The first-order valence-corrected chi connectivity index (χ1v) is 10.5. The normalized spacial score (nSPS) is 16.3. The summed E-state index contributed by atoms with van der Waals surface area (Å²) in [6, 6.07) is 8.85. The number of rotatable bonds is 4. The van der Waals surface area contributed by atoms with Crippen molar-refractivity contribution in [3.63, 3.8) is 0 Å². The Bertz CT molecular complexity index is 853. The molecule has 158 valence electrons. The highest BCUT2D eigenvalue weighted by Crippen LogP contribution is 2.24. The molecule has 0 N–H and O–H groups in total. The van der Waals surface area contributed by atoms with Gasteiger partial charge in [-0.15, -0.1) is 0 Å². The predicted molar refractivity (Wildman–Crippen MR) is 114 cm³/mol. The molecule has 0 aliphatic carbocycles. The van der Waals surface area contributed by atoms with Gasteiger partial charge in [0, 0.05) is 44.0 Å². The second-order valence-electron chi connectivity index (χ2n) is 9.21. The number of hydrogen-bond donors (Lipinski definition) is 0. The molecule has 3 rings (SSSR count). The summed E-state index contributed by atoms with van der Waals surface area (Å²) in [5.74, 6) is 0.116. The molecule has 0 spiro atoms. The summed E-state index contributed by atoms with van der Waals surface area (Å²) < 4.78 is 16.0. The van der Waals surface area contributed by atoms with Crippen LogP contribution < -0.4 is 0 Å². The molecule has 5 nitrogen and oxygen atoms in total. The van der Waals surface area contributed by atoms with E-state index in [1.165, 1.54) is 6.07 Å². The third kappa shape index (κ3) is 5.04. The van der Waals surface area contributed by atoms with Crippen LogP contribution in [0, 0.1) is 5.82 Å². The minimum absolute atomic E-state index is 0.0114. The number of halogens is 1. The molecule has 0 saturated carbocycles. The molecule has 1 aromatic heterocycles. The maximum Gasteiger partial charge on any atom is 0.274 e. The summed E-state index contributed by atoms with van der Waals surface area (Å²) in [5, 5.41) is 4.67. The molecule has 1 aliphatic heterocycles. The van der Waals surface area contributed by atoms with Gasteiger partial charge in [0.05, 0.1) is 5.54 Å². The fourth-order valence-corrected chi connectivity index (χ4v) is 3.81. The standard InChI is InChI=1S/C23H33FN4O/c1-17(2)21-15-20(25-28(21)23(3,4)5)22(29)27-12-8-11-26(13-14-27)16-18-9-6-7-10-19(18)24/h6-7,9-10,15,17H,8,11-14,16H2,1-5H3. The maximum absolute atomic E-state index is 14.0. The van der Waals surface area contributed by atoms with E-state index in [-0.39, 0.29) is 17.3 Å². The minimum atomic E-state index is -0.173. The number of hydrogen-bond acceptors (Lipinski definition) is 3. The Balaban J connectivity index is 1.70. The molecule has 1 amide bonds. The smallest absolute Gasteiger partial charge is 0.274 e. The number of benzene rings is 1. The molecule has 6 heteroatoms. The third-order valence-corrected chi connectivity index (χ3v) is 5.41. The van der Waals surface area contributed by atoms with Crippen molar-refractivity contribution < 1.29 is 9.18 Å². The van der Waals surface area contributed by atoms with Gasteiger partial charge in [0.2, 0.25) is 0 Å². The summed E-state index contributed by atoms with van der Waals surface area (Å²) >= 11 is 0.